The van der Waals surface area contributed by atoms with Gasteiger partial charge in [0.2, 0.25) is 0 Å². The maximum atomic E-state index is 6.53. The summed E-state index contributed by atoms with van der Waals surface area (Å²) >= 11 is 0. The van der Waals surface area contributed by atoms with Gasteiger partial charge < -0.3 is 16.4 Å². The number of hydrogen-bond acceptors (Lipinski definition) is 4. The number of pyridine rings is 1. The maximum absolute atomic E-state index is 6.53. The second kappa shape index (κ2) is 9.31. The fraction of sp³-hybridized carbons (Fsp3) is 0.542. The van der Waals surface area contributed by atoms with Gasteiger partial charge in [-0.15, -0.1) is 0 Å². The van der Waals surface area contributed by atoms with E-state index >= 15 is 0 Å². The number of nitrogen functional groups attached to an aromatic ring is 1. The Bertz CT molecular complexity index is 745. The lowest BCUT2D eigenvalue weighted by molar-refractivity contribution is 0.302. The highest BCUT2D eigenvalue weighted by Crippen LogP contribution is 2.34. The number of aryl methyl sites for hydroxylation is 1. The molecule has 0 aliphatic rings. The first-order valence-electron chi connectivity index (χ1n) is 10.4. The first-order chi connectivity index (χ1) is 13.1. The molecule has 0 spiro atoms. The predicted octanol–water partition coefficient (Wildman–Crippen LogP) is 6.25. The van der Waals surface area contributed by atoms with Crippen molar-refractivity contribution in [2.75, 3.05) is 16.4 Å². The number of aromatic nitrogens is 1. The molecular weight excluding hydrogens is 344 g/mol. The largest absolute Gasteiger partial charge is 0.394 e. The highest BCUT2D eigenvalue weighted by atomic mass is 15.1. The van der Waals surface area contributed by atoms with Crippen LogP contribution in [0.4, 0.5) is 17.2 Å². The molecule has 1 heterocycles. The van der Waals surface area contributed by atoms with Crippen molar-refractivity contribution in [1.82, 2.24) is 4.98 Å². The van der Waals surface area contributed by atoms with E-state index in [1.807, 2.05) is 6.07 Å². The van der Waals surface area contributed by atoms with Crippen LogP contribution in [0.25, 0.3) is 0 Å². The van der Waals surface area contributed by atoms with E-state index < -0.39 is 0 Å². The summed E-state index contributed by atoms with van der Waals surface area (Å²) in [4.78, 5) is 4.86. The van der Waals surface area contributed by atoms with Crippen LogP contribution in [0.2, 0.25) is 0 Å². The molecule has 1 aromatic carbocycles. The Morgan fingerprint density at radius 2 is 1.71 bits per heavy atom. The van der Waals surface area contributed by atoms with Gasteiger partial charge in [0.25, 0.3) is 0 Å². The summed E-state index contributed by atoms with van der Waals surface area (Å²) < 4.78 is 0. The van der Waals surface area contributed by atoms with Crippen molar-refractivity contribution in [3.63, 3.8) is 0 Å². The summed E-state index contributed by atoms with van der Waals surface area (Å²) in [6.45, 7) is 14.2. The van der Waals surface area contributed by atoms with Gasteiger partial charge in [0.15, 0.2) is 5.82 Å². The average molecular weight is 383 g/mol. The van der Waals surface area contributed by atoms with E-state index in [1.54, 1.807) is 0 Å². The third-order valence-corrected chi connectivity index (χ3v) is 4.65. The number of nitrogens with two attached hydrogens (primary N) is 1. The second-order valence-corrected chi connectivity index (χ2v) is 9.61. The molecule has 2 aromatic rings. The molecule has 4 heteroatoms. The van der Waals surface area contributed by atoms with Crippen LogP contribution in [-0.2, 0) is 13.0 Å². The molecule has 0 fully saturated rings. The minimum Gasteiger partial charge on any atom is -0.394 e. The van der Waals surface area contributed by atoms with Gasteiger partial charge >= 0.3 is 0 Å². The van der Waals surface area contributed by atoms with Gasteiger partial charge in [-0.1, -0.05) is 64.4 Å². The van der Waals surface area contributed by atoms with Crippen molar-refractivity contribution in [3.05, 3.63) is 47.7 Å². The van der Waals surface area contributed by atoms with Crippen LogP contribution in [0.1, 0.15) is 72.1 Å². The quantitative estimate of drug-likeness (QED) is 0.480. The number of rotatable bonds is 9. The third-order valence-electron chi connectivity index (χ3n) is 4.65. The molecule has 0 atom stereocenters. The van der Waals surface area contributed by atoms with Crippen LogP contribution in [0.3, 0.4) is 0 Å². The Hall–Kier alpha value is -2.23. The average Bonchev–Trinajstić information content (AvgIpc) is 2.59. The van der Waals surface area contributed by atoms with E-state index in [2.05, 4.69) is 82.5 Å². The van der Waals surface area contributed by atoms with Gasteiger partial charge in [-0.05, 0) is 50.2 Å². The number of anilines is 3. The van der Waals surface area contributed by atoms with E-state index in [0.717, 1.165) is 49.4 Å². The molecule has 4 N–H and O–H groups in total. The van der Waals surface area contributed by atoms with Crippen LogP contribution >= 0.6 is 0 Å². The van der Waals surface area contributed by atoms with Crippen LogP contribution < -0.4 is 16.4 Å². The first-order valence-corrected chi connectivity index (χ1v) is 10.4. The number of nitrogens with zero attached hydrogens (tertiary/aromatic N) is 1. The van der Waals surface area contributed by atoms with E-state index in [9.17, 15) is 0 Å². The van der Waals surface area contributed by atoms with Gasteiger partial charge in [0, 0.05) is 17.8 Å². The number of nitrogens with one attached hydrogen (secondary N) is 2. The number of benzene rings is 1. The van der Waals surface area contributed by atoms with E-state index in [1.165, 1.54) is 5.56 Å². The molecule has 0 saturated heterocycles. The summed E-state index contributed by atoms with van der Waals surface area (Å²) in [5, 5.41) is 7.14. The molecular formula is C24H38N4. The summed E-state index contributed by atoms with van der Waals surface area (Å²) in [6.07, 6.45) is 4.26. The molecule has 28 heavy (non-hydrogen) atoms. The van der Waals surface area contributed by atoms with Crippen LogP contribution in [0.5, 0.6) is 0 Å². The van der Waals surface area contributed by atoms with Crippen molar-refractivity contribution in [2.45, 2.75) is 79.3 Å². The first kappa shape index (κ1) is 22.1. The SMILES string of the molecule is CCCCc1cc(NCc2ccccc2)c(N)c(NC(C)(C)CC(C)(C)C)n1. The number of hydrogen-bond donors (Lipinski definition) is 3. The highest BCUT2D eigenvalue weighted by molar-refractivity contribution is 5.78. The van der Waals surface area contributed by atoms with Crippen molar-refractivity contribution in [1.29, 1.82) is 0 Å². The van der Waals surface area contributed by atoms with Gasteiger partial charge in [0.05, 0.1) is 11.4 Å². The molecule has 0 unspecified atom stereocenters. The Morgan fingerprint density at radius 3 is 2.32 bits per heavy atom. The lowest BCUT2D eigenvalue weighted by Gasteiger charge is -2.34. The second-order valence-electron chi connectivity index (χ2n) is 9.61. The Balaban J connectivity index is 2.27. The van der Waals surface area contributed by atoms with E-state index in [4.69, 9.17) is 10.7 Å². The van der Waals surface area contributed by atoms with Crippen LogP contribution in [-0.4, -0.2) is 10.5 Å². The van der Waals surface area contributed by atoms with Crippen molar-refractivity contribution in [2.24, 2.45) is 5.41 Å². The monoisotopic (exact) mass is 382 g/mol. The molecule has 0 aliphatic carbocycles. The highest BCUT2D eigenvalue weighted by Gasteiger charge is 2.27. The summed E-state index contributed by atoms with van der Waals surface area (Å²) in [5.41, 5.74) is 10.6. The zero-order valence-electron chi connectivity index (χ0n) is 18.5. The topological polar surface area (TPSA) is 63.0 Å². The van der Waals surface area contributed by atoms with Gasteiger partial charge in [-0.2, -0.15) is 0 Å². The third kappa shape index (κ3) is 7.06. The van der Waals surface area contributed by atoms with Gasteiger partial charge in [-0.25, -0.2) is 4.98 Å². The van der Waals surface area contributed by atoms with E-state index in [-0.39, 0.29) is 11.0 Å². The summed E-state index contributed by atoms with van der Waals surface area (Å²) in [7, 11) is 0. The standard InChI is InChI=1S/C24H38N4/c1-7-8-14-19-15-20(26-16-18-12-10-9-11-13-18)21(25)22(27-19)28-24(5,6)17-23(2,3)4/h9-13,15H,7-8,14,16-17,25H2,1-6H3,(H2,26,27,28). The summed E-state index contributed by atoms with van der Waals surface area (Å²) in [5.74, 6) is 0.790. The fourth-order valence-corrected chi connectivity index (χ4v) is 3.82. The smallest absolute Gasteiger partial charge is 0.152 e. The number of unbranched alkanes of at least 4 members (excludes halogenated alkanes) is 1. The molecule has 0 radical (unpaired) electrons. The Labute approximate surface area is 171 Å². The van der Waals surface area contributed by atoms with Crippen LogP contribution in [0.15, 0.2) is 36.4 Å². The minimum absolute atomic E-state index is 0.0978. The van der Waals surface area contributed by atoms with Crippen molar-refractivity contribution < 1.29 is 0 Å². The lowest BCUT2D eigenvalue weighted by Crippen LogP contribution is -2.36. The Morgan fingerprint density at radius 1 is 1.04 bits per heavy atom. The molecule has 0 saturated carbocycles. The predicted molar refractivity (Wildman–Crippen MR) is 123 cm³/mol. The minimum atomic E-state index is -0.0978. The normalized spacial score (nSPS) is 12.1. The van der Waals surface area contributed by atoms with Crippen molar-refractivity contribution >= 4 is 17.2 Å². The summed E-state index contributed by atoms with van der Waals surface area (Å²) in [6, 6.07) is 12.5. The fourth-order valence-electron chi connectivity index (χ4n) is 3.82. The molecule has 1 aromatic heterocycles. The van der Waals surface area contributed by atoms with Crippen LogP contribution in [0, 0.1) is 5.41 Å². The maximum Gasteiger partial charge on any atom is 0.152 e. The van der Waals surface area contributed by atoms with Gasteiger partial charge in [-0.3, -0.25) is 0 Å². The molecule has 0 amide bonds. The molecule has 2 rings (SSSR count). The Kier molecular flexibility index (Phi) is 7.34. The van der Waals surface area contributed by atoms with E-state index in [0.29, 0.717) is 5.69 Å². The molecule has 0 aliphatic heterocycles. The lowest BCUT2D eigenvalue weighted by atomic mass is 9.82. The zero-order valence-corrected chi connectivity index (χ0v) is 18.5. The molecule has 154 valence electrons. The molecule has 0 bridgehead atoms. The zero-order chi connectivity index (χ0) is 20.8. The van der Waals surface area contributed by atoms with Crippen molar-refractivity contribution in [3.8, 4) is 0 Å². The molecule has 4 nitrogen and oxygen atoms in total. The van der Waals surface area contributed by atoms with Gasteiger partial charge in [0.1, 0.15) is 0 Å².